The minimum Gasteiger partial charge on any atom is -0.370 e. The van der Waals surface area contributed by atoms with E-state index in [0.29, 0.717) is 10.6 Å². The van der Waals surface area contributed by atoms with Crippen molar-refractivity contribution < 1.29 is 29.1 Å². The molecule has 0 aliphatic carbocycles. The lowest BCUT2D eigenvalue weighted by atomic mass is 10.3. The number of hydrogen-bond acceptors (Lipinski definition) is 6. The number of hydrogen-bond donors (Lipinski definition) is 1. The Morgan fingerprint density at radius 2 is 1.95 bits per heavy atom. The van der Waals surface area contributed by atoms with Crippen LogP contribution in [0.15, 0.2) is 11.6 Å². The fraction of sp³-hybridized carbons (Fsp3) is 0.500. The zero-order chi connectivity index (χ0) is 14.9. The van der Waals surface area contributed by atoms with Crippen molar-refractivity contribution in [3.8, 4) is 0 Å². The Hall–Kier alpha value is -2.22. The van der Waals surface area contributed by atoms with Crippen LogP contribution < -0.4 is 0 Å². The first kappa shape index (κ1) is 14.2. The smallest absolute Gasteiger partial charge is 0.334 e. The van der Waals surface area contributed by atoms with E-state index in [1.165, 1.54) is 6.08 Å². The van der Waals surface area contributed by atoms with Crippen LogP contribution >= 0.6 is 0 Å². The van der Waals surface area contributed by atoms with Crippen LogP contribution in [0, 0.1) is 0 Å². The Balaban J connectivity index is 1.83. The van der Waals surface area contributed by atoms with Crippen LogP contribution in [0.5, 0.6) is 0 Å². The molecule has 0 spiro atoms. The third-order valence-corrected chi connectivity index (χ3v) is 3.07. The van der Waals surface area contributed by atoms with Crippen molar-refractivity contribution in [1.82, 2.24) is 9.96 Å². The average molecular weight is 282 g/mol. The maximum absolute atomic E-state index is 11.6. The molecule has 0 aromatic carbocycles. The molecule has 2 aliphatic heterocycles. The topological polar surface area (TPSA) is 104 Å². The van der Waals surface area contributed by atoms with Gasteiger partial charge in [-0.15, -0.1) is 5.06 Å². The molecule has 0 aromatic rings. The number of aliphatic hydroxyl groups excluding tert-OH is 1. The number of carbonyl (C=O) groups is 4. The lowest BCUT2D eigenvalue weighted by Crippen LogP contribution is -2.37. The highest BCUT2D eigenvalue weighted by molar-refractivity contribution is 6.01. The maximum Gasteiger partial charge on any atom is 0.334 e. The summed E-state index contributed by atoms with van der Waals surface area (Å²) in [6, 6.07) is 0. The molecule has 1 N–H and O–H groups in total. The predicted octanol–water partition coefficient (Wildman–Crippen LogP) is -0.909. The molecule has 1 fully saturated rings. The first-order chi connectivity index (χ1) is 9.40. The number of aliphatic hydroxyl groups is 1. The van der Waals surface area contributed by atoms with Gasteiger partial charge in [-0.2, -0.15) is 0 Å². The van der Waals surface area contributed by atoms with E-state index in [2.05, 4.69) is 4.84 Å². The van der Waals surface area contributed by atoms with Crippen molar-refractivity contribution in [2.75, 3.05) is 6.54 Å². The Kier molecular flexibility index (Phi) is 3.84. The second-order valence-corrected chi connectivity index (χ2v) is 4.56. The van der Waals surface area contributed by atoms with E-state index in [0.717, 1.165) is 4.90 Å². The Morgan fingerprint density at radius 1 is 1.35 bits per heavy atom. The average Bonchev–Trinajstić information content (AvgIpc) is 2.82. The number of nitrogens with zero attached hydrogens (tertiary/aromatic N) is 2. The molecule has 0 saturated carbocycles. The van der Waals surface area contributed by atoms with Gasteiger partial charge in [0.25, 0.3) is 17.7 Å². The molecule has 1 atom stereocenters. The maximum atomic E-state index is 11.6. The van der Waals surface area contributed by atoms with Crippen LogP contribution in [0.2, 0.25) is 0 Å². The van der Waals surface area contributed by atoms with Crippen molar-refractivity contribution >= 4 is 23.7 Å². The van der Waals surface area contributed by atoms with Crippen LogP contribution in [-0.2, 0) is 24.0 Å². The van der Waals surface area contributed by atoms with Crippen molar-refractivity contribution in [3.63, 3.8) is 0 Å². The number of hydroxylamine groups is 2. The summed E-state index contributed by atoms with van der Waals surface area (Å²) in [5.41, 5.74) is 0.399. The van der Waals surface area contributed by atoms with Gasteiger partial charge in [-0.05, 0) is 13.0 Å². The minimum absolute atomic E-state index is 0.0263. The van der Waals surface area contributed by atoms with Gasteiger partial charge in [0.2, 0.25) is 0 Å². The SMILES string of the molecule is CC1=CC(O)N(CCC(=O)ON2C(=O)CCC2=O)C1=O. The molecule has 2 aliphatic rings. The van der Waals surface area contributed by atoms with Crippen LogP contribution in [-0.4, -0.2) is 51.5 Å². The van der Waals surface area contributed by atoms with E-state index in [4.69, 9.17) is 0 Å². The van der Waals surface area contributed by atoms with Gasteiger partial charge < -0.3 is 14.8 Å². The molecular formula is C12H14N2O6. The molecule has 0 radical (unpaired) electrons. The zero-order valence-corrected chi connectivity index (χ0v) is 10.9. The fourth-order valence-corrected chi connectivity index (χ4v) is 1.98. The van der Waals surface area contributed by atoms with Crippen LogP contribution in [0.4, 0.5) is 0 Å². The third kappa shape index (κ3) is 2.69. The molecule has 20 heavy (non-hydrogen) atoms. The lowest BCUT2D eigenvalue weighted by Gasteiger charge is -2.20. The standard InChI is InChI=1S/C12H14N2O6/c1-7-6-10(17)13(12(7)19)5-4-11(18)20-14-8(15)2-3-9(14)16/h6,10,17H,2-5H2,1H3. The summed E-state index contributed by atoms with van der Waals surface area (Å²) in [7, 11) is 0. The molecule has 8 nitrogen and oxygen atoms in total. The summed E-state index contributed by atoms with van der Waals surface area (Å²) in [6.07, 6.45) is 0.143. The Morgan fingerprint density at radius 3 is 2.45 bits per heavy atom. The van der Waals surface area contributed by atoms with Gasteiger partial charge >= 0.3 is 5.97 Å². The summed E-state index contributed by atoms with van der Waals surface area (Å²) >= 11 is 0. The number of amides is 3. The molecule has 0 bridgehead atoms. The largest absolute Gasteiger partial charge is 0.370 e. The molecule has 2 heterocycles. The van der Waals surface area contributed by atoms with E-state index >= 15 is 0 Å². The van der Waals surface area contributed by atoms with Crippen molar-refractivity contribution in [3.05, 3.63) is 11.6 Å². The van der Waals surface area contributed by atoms with E-state index in [1.54, 1.807) is 6.92 Å². The van der Waals surface area contributed by atoms with Gasteiger partial charge in [-0.3, -0.25) is 14.4 Å². The monoisotopic (exact) mass is 282 g/mol. The van der Waals surface area contributed by atoms with Crippen LogP contribution in [0.3, 0.4) is 0 Å². The molecule has 1 saturated heterocycles. The van der Waals surface area contributed by atoms with Crippen LogP contribution in [0.25, 0.3) is 0 Å². The minimum atomic E-state index is -1.06. The quantitative estimate of drug-likeness (QED) is 0.669. The van der Waals surface area contributed by atoms with Gasteiger partial charge in [-0.1, -0.05) is 0 Å². The second-order valence-electron chi connectivity index (χ2n) is 4.56. The highest BCUT2D eigenvalue weighted by atomic mass is 16.7. The summed E-state index contributed by atoms with van der Waals surface area (Å²) < 4.78 is 0. The molecule has 2 rings (SSSR count). The van der Waals surface area contributed by atoms with Gasteiger partial charge in [0.15, 0.2) is 0 Å². The van der Waals surface area contributed by atoms with Crippen molar-refractivity contribution in [2.45, 2.75) is 32.4 Å². The highest BCUT2D eigenvalue weighted by Crippen LogP contribution is 2.17. The number of rotatable bonds is 4. The van der Waals surface area contributed by atoms with Gasteiger partial charge in [0.1, 0.15) is 6.23 Å². The predicted molar refractivity (Wildman–Crippen MR) is 63.3 cm³/mol. The van der Waals surface area contributed by atoms with Crippen molar-refractivity contribution in [1.29, 1.82) is 0 Å². The molecule has 1 unspecified atom stereocenters. The molecule has 0 aromatic heterocycles. The van der Waals surface area contributed by atoms with E-state index in [9.17, 15) is 24.3 Å². The van der Waals surface area contributed by atoms with Crippen molar-refractivity contribution in [2.24, 2.45) is 0 Å². The molecule has 3 amide bonds. The van der Waals surface area contributed by atoms with Crippen LogP contribution in [0.1, 0.15) is 26.2 Å². The van der Waals surface area contributed by atoms with E-state index in [-0.39, 0.29) is 31.7 Å². The van der Waals surface area contributed by atoms with E-state index < -0.39 is 24.0 Å². The first-order valence-corrected chi connectivity index (χ1v) is 6.14. The number of carbonyl (C=O) groups excluding carboxylic acids is 4. The third-order valence-electron chi connectivity index (χ3n) is 3.07. The molecular weight excluding hydrogens is 268 g/mol. The normalized spacial score (nSPS) is 22.6. The van der Waals surface area contributed by atoms with Gasteiger partial charge in [0.05, 0.1) is 6.42 Å². The van der Waals surface area contributed by atoms with E-state index in [1.807, 2.05) is 0 Å². The summed E-state index contributed by atoms with van der Waals surface area (Å²) in [5, 5.41) is 10.0. The molecule has 108 valence electrons. The second kappa shape index (κ2) is 5.41. The summed E-state index contributed by atoms with van der Waals surface area (Å²) in [6.45, 7) is 1.51. The summed E-state index contributed by atoms with van der Waals surface area (Å²) in [5.74, 6) is -2.28. The molecule has 8 heteroatoms. The number of imide groups is 1. The Bertz CT molecular complexity index is 496. The summed E-state index contributed by atoms with van der Waals surface area (Å²) in [4.78, 5) is 51.4. The highest BCUT2D eigenvalue weighted by Gasteiger charge is 2.33. The zero-order valence-electron chi connectivity index (χ0n) is 10.9. The first-order valence-electron chi connectivity index (χ1n) is 6.14. The Labute approximate surface area is 114 Å². The fourth-order valence-electron chi connectivity index (χ4n) is 1.98. The lowest BCUT2D eigenvalue weighted by molar-refractivity contribution is -0.197. The van der Waals surface area contributed by atoms with Gasteiger partial charge in [0, 0.05) is 25.0 Å². The van der Waals surface area contributed by atoms with Gasteiger partial charge in [-0.25, -0.2) is 4.79 Å².